The Kier molecular flexibility index (Phi) is 7.55. The van der Waals surface area contributed by atoms with E-state index in [0.29, 0.717) is 54.7 Å². The molecule has 0 aliphatic carbocycles. The van der Waals surface area contributed by atoms with Gasteiger partial charge in [-0.25, -0.2) is 0 Å². The van der Waals surface area contributed by atoms with E-state index in [0.717, 1.165) is 45.6 Å². The second-order valence-corrected chi connectivity index (χ2v) is 8.98. The highest BCUT2D eigenvalue weighted by atomic mass is 16.6. The van der Waals surface area contributed by atoms with Crippen molar-refractivity contribution < 1.29 is 23.8 Å². The molecular weight excluding hydrogens is 422 g/mol. The largest absolute Gasteiger partial charge is 0.490 e. The van der Waals surface area contributed by atoms with Gasteiger partial charge in [-0.3, -0.25) is 14.5 Å². The summed E-state index contributed by atoms with van der Waals surface area (Å²) in [5.41, 5.74) is 0.375. The maximum Gasteiger partial charge on any atom is 0.246 e. The first kappa shape index (κ1) is 23.6. The van der Waals surface area contributed by atoms with Crippen molar-refractivity contribution >= 4 is 11.7 Å². The molecule has 180 valence electrons. The highest BCUT2D eigenvalue weighted by Gasteiger charge is 2.30. The van der Waals surface area contributed by atoms with Crippen LogP contribution >= 0.6 is 0 Å². The van der Waals surface area contributed by atoms with E-state index in [1.54, 1.807) is 12.1 Å². The van der Waals surface area contributed by atoms with Crippen LogP contribution in [0.5, 0.6) is 17.2 Å². The zero-order chi connectivity index (χ0) is 23.4. The number of likely N-dealkylation sites (tertiary alicyclic amines) is 1. The Labute approximate surface area is 196 Å². The maximum absolute atomic E-state index is 12.8. The number of carbonyl (C=O) groups is 2. The van der Waals surface area contributed by atoms with Crippen LogP contribution in [0.1, 0.15) is 37.0 Å². The van der Waals surface area contributed by atoms with E-state index in [4.69, 9.17) is 14.2 Å². The van der Waals surface area contributed by atoms with E-state index >= 15 is 0 Å². The number of carbonyl (C=O) groups excluding carboxylic acids is 2. The lowest BCUT2D eigenvalue weighted by Gasteiger charge is -2.44. The van der Waals surface area contributed by atoms with Crippen LogP contribution < -0.4 is 14.2 Å². The Morgan fingerprint density at radius 2 is 1.79 bits per heavy atom. The van der Waals surface area contributed by atoms with Gasteiger partial charge in [0.2, 0.25) is 11.7 Å². The Bertz CT molecular complexity index is 894. The van der Waals surface area contributed by atoms with Crippen molar-refractivity contribution in [2.24, 2.45) is 0 Å². The molecule has 3 aliphatic heterocycles. The van der Waals surface area contributed by atoms with E-state index in [-0.39, 0.29) is 11.7 Å². The fraction of sp³-hybridized carbons (Fsp3) is 0.600. The number of hydrogen-bond donors (Lipinski definition) is 0. The number of likely N-dealkylation sites (N-methyl/N-ethyl adjacent to an activating group) is 1. The quantitative estimate of drug-likeness (QED) is 0.479. The first-order valence-corrected chi connectivity index (χ1v) is 12.0. The van der Waals surface area contributed by atoms with Crippen LogP contribution in [0, 0.1) is 0 Å². The first-order chi connectivity index (χ1) is 16.0. The van der Waals surface area contributed by atoms with Crippen molar-refractivity contribution in [2.75, 3.05) is 59.6 Å². The van der Waals surface area contributed by atoms with E-state index in [2.05, 4.69) is 23.8 Å². The summed E-state index contributed by atoms with van der Waals surface area (Å²) in [7, 11) is 2.18. The summed E-state index contributed by atoms with van der Waals surface area (Å²) in [6.07, 6.45) is 4.67. The number of rotatable bonds is 6. The summed E-state index contributed by atoms with van der Waals surface area (Å²) in [6, 6.07) is 4.47. The molecule has 0 bridgehead atoms. The molecule has 2 fully saturated rings. The fourth-order valence-corrected chi connectivity index (χ4v) is 4.78. The summed E-state index contributed by atoms with van der Waals surface area (Å²) in [4.78, 5) is 32.4. The van der Waals surface area contributed by atoms with Gasteiger partial charge in [-0.15, -0.1) is 0 Å². The molecule has 1 unspecified atom stereocenters. The number of allylic oxidation sites excluding steroid dienone is 1. The second kappa shape index (κ2) is 10.6. The number of nitrogens with zero attached hydrogens (tertiary/aromatic N) is 3. The van der Waals surface area contributed by atoms with Crippen LogP contribution in [0.4, 0.5) is 0 Å². The third kappa shape index (κ3) is 5.33. The number of ether oxygens (including phenoxy) is 3. The lowest BCUT2D eigenvalue weighted by Crippen LogP contribution is -2.55. The van der Waals surface area contributed by atoms with Crippen LogP contribution in [-0.2, 0) is 4.79 Å². The first-order valence-electron chi connectivity index (χ1n) is 12.0. The molecule has 2 saturated heterocycles. The van der Waals surface area contributed by atoms with Gasteiger partial charge in [-0.05, 0) is 51.9 Å². The lowest BCUT2D eigenvalue weighted by atomic mass is 10.0. The van der Waals surface area contributed by atoms with Gasteiger partial charge >= 0.3 is 0 Å². The highest BCUT2D eigenvalue weighted by molar-refractivity contribution is 6.10. The third-order valence-corrected chi connectivity index (χ3v) is 6.88. The molecule has 1 aromatic carbocycles. The van der Waals surface area contributed by atoms with Crippen LogP contribution in [0.3, 0.4) is 0 Å². The molecule has 4 rings (SSSR count). The van der Waals surface area contributed by atoms with Gasteiger partial charge < -0.3 is 24.0 Å². The molecule has 0 spiro atoms. The smallest absolute Gasteiger partial charge is 0.246 e. The van der Waals surface area contributed by atoms with Crippen LogP contribution in [0.15, 0.2) is 24.3 Å². The fourth-order valence-electron chi connectivity index (χ4n) is 4.78. The van der Waals surface area contributed by atoms with Gasteiger partial charge in [-0.1, -0.05) is 0 Å². The average molecular weight is 458 g/mol. The average Bonchev–Trinajstić information content (AvgIpc) is 2.84. The second-order valence-electron chi connectivity index (χ2n) is 8.98. The Balaban J connectivity index is 1.34. The zero-order valence-corrected chi connectivity index (χ0v) is 19.9. The molecule has 1 atom stereocenters. The molecule has 0 radical (unpaired) electrons. The minimum atomic E-state index is -0.283. The van der Waals surface area contributed by atoms with Crippen molar-refractivity contribution in [1.82, 2.24) is 14.7 Å². The van der Waals surface area contributed by atoms with Crippen LogP contribution in [0.2, 0.25) is 0 Å². The predicted molar refractivity (Wildman–Crippen MR) is 125 cm³/mol. The molecule has 3 aliphatic rings. The summed E-state index contributed by atoms with van der Waals surface area (Å²) < 4.78 is 17.0. The minimum Gasteiger partial charge on any atom is -0.490 e. The molecule has 0 N–H and O–H groups in total. The van der Waals surface area contributed by atoms with Crippen molar-refractivity contribution in [3.05, 3.63) is 29.8 Å². The topological polar surface area (TPSA) is 71.6 Å². The zero-order valence-electron chi connectivity index (χ0n) is 19.9. The number of piperazine rings is 1. The highest BCUT2D eigenvalue weighted by Crippen LogP contribution is 2.42. The number of fused-ring (bicyclic) bond motifs is 1. The molecule has 8 heteroatoms. The predicted octanol–water partition coefficient (Wildman–Crippen LogP) is 2.22. The van der Waals surface area contributed by atoms with Crippen molar-refractivity contribution in [3.8, 4) is 17.2 Å². The van der Waals surface area contributed by atoms with Crippen LogP contribution in [-0.4, -0.2) is 98.1 Å². The lowest BCUT2D eigenvalue weighted by molar-refractivity contribution is -0.127. The maximum atomic E-state index is 12.8. The summed E-state index contributed by atoms with van der Waals surface area (Å²) in [5.74, 6) is 0.992. The Morgan fingerprint density at radius 1 is 1.06 bits per heavy atom. The summed E-state index contributed by atoms with van der Waals surface area (Å²) >= 11 is 0. The van der Waals surface area contributed by atoms with E-state index in [9.17, 15) is 9.59 Å². The van der Waals surface area contributed by atoms with Gasteiger partial charge in [0.1, 0.15) is 13.2 Å². The van der Waals surface area contributed by atoms with Gasteiger partial charge in [0, 0.05) is 50.9 Å². The molecule has 1 amide bonds. The number of amides is 1. The number of piperidine rings is 1. The molecule has 0 aromatic heterocycles. The Hall–Kier alpha value is -2.58. The van der Waals surface area contributed by atoms with E-state index < -0.39 is 0 Å². The van der Waals surface area contributed by atoms with Gasteiger partial charge in [-0.2, -0.15) is 0 Å². The van der Waals surface area contributed by atoms with Gasteiger partial charge in [0.25, 0.3) is 0 Å². The molecule has 33 heavy (non-hydrogen) atoms. The summed E-state index contributed by atoms with van der Waals surface area (Å²) in [5, 5.41) is 0. The Morgan fingerprint density at radius 3 is 2.48 bits per heavy atom. The molecule has 8 nitrogen and oxygen atoms in total. The van der Waals surface area contributed by atoms with E-state index in [1.165, 1.54) is 12.2 Å². The van der Waals surface area contributed by atoms with Crippen molar-refractivity contribution in [1.29, 1.82) is 0 Å². The molecule has 0 saturated carbocycles. The molecular formula is C25H35N3O5. The standard InChI is InChI=1S/C25H35N3O5/c1-4-31-22-7-5-20(24-25(22)33-16-15-32-24)21(29)6-8-23(30)27-11-9-19(10-12-27)28-14-13-26(3)18(2)17-28/h5-8,18-19H,4,9-17H2,1-3H3. The summed E-state index contributed by atoms with van der Waals surface area (Å²) in [6.45, 7) is 10.1. The molecule has 1 aromatic rings. The van der Waals surface area contributed by atoms with Crippen molar-refractivity contribution in [2.45, 2.75) is 38.8 Å². The van der Waals surface area contributed by atoms with Gasteiger partial charge in [0.15, 0.2) is 17.3 Å². The van der Waals surface area contributed by atoms with Gasteiger partial charge in [0.05, 0.1) is 12.2 Å². The number of benzene rings is 1. The minimum absolute atomic E-state index is 0.120. The number of hydrogen-bond acceptors (Lipinski definition) is 7. The van der Waals surface area contributed by atoms with Crippen LogP contribution in [0.25, 0.3) is 0 Å². The monoisotopic (exact) mass is 457 g/mol. The SMILES string of the molecule is CCOc1ccc(C(=O)C=CC(=O)N2CCC(N3CCN(C)C(C)C3)CC2)c2c1OCCO2. The van der Waals surface area contributed by atoms with Crippen molar-refractivity contribution in [3.63, 3.8) is 0 Å². The third-order valence-electron chi connectivity index (χ3n) is 6.88. The number of ketones is 1. The van der Waals surface area contributed by atoms with E-state index in [1.807, 2.05) is 11.8 Å². The normalized spacial score (nSPS) is 22.5. The molecule has 3 heterocycles.